The Bertz CT molecular complexity index is 793. The van der Waals surface area contributed by atoms with Gasteiger partial charge in [0.25, 0.3) is 0 Å². The van der Waals surface area contributed by atoms with Gasteiger partial charge in [-0.2, -0.15) is 13.2 Å². The number of nitrogens with zero attached hydrogens (tertiary/aromatic N) is 2. The molecule has 0 bridgehead atoms. The van der Waals surface area contributed by atoms with Crippen LogP contribution in [0.25, 0.3) is 5.65 Å². The summed E-state index contributed by atoms with van der Waals surface area (Å²) in [5.41, 5.74) is 0.760. The molecule has 1 aromatic carbocycles. The Morgan fingerprint density at radius 3 is 2.67 bits per heavy atom. The highest BCUT2D eigenvalue weighted by atomic mass is 35.5. The van der Waals surface area contributed by atoms with Crippen LogP contribution in [-0.4, -0.2) is 9.38 Å². The van der Waals surface area contributed by atoms with Gasteiger partial charge in [-0.05, 0) is 23.8 Å². The predicted molar refractivity (Wildman–Crippen MR) is 74.5 cm³/mol. The minimum atomic E-state index is -4.36. The van der Waals surface area contributed by atoms with E-state index in [9.17, 15) is 13.2 Å². The van der Waals surface area contributed by atoms with Crippen molar-refractivity contribution in [2.75, 3.05) is 0 Å². The number of fused-ring (bicyclic) bond motifs is 1. The van der Waals surface area contributed by atoms with Crippen molar-refractivity contribution >= 4 is 17.2 Å². The van der Waals surface area contributed by atoms with E-state index in [2.05, 4.69) is 4.98 Å². The summed E-state index contributed by atoms with van der Waals surface area (Å²) in [5, 5.41) is 0.537. The molecule has 6 heteroatoms. The second-order valence-corrected chi connectivity index (χ2v) is 5.11. The summed E-state index contributed by atoms with van der Waals surface area (Å²) in [7, 11) is 0. The molecule has 2 aromatic heterocycles. The number of rotatable bonds is 2. The van der Waals surface area contributed by atoms with Crippen LogP contribution in [0.3, 0.4) is 0 Å². The Kier molecular flexibility index (Phi) is 3.37. The van der Waals surface area contributed by atoms with Crippen molar-refractivity contribution in [2.45, 2.75) is 12.6 Å². The summed E-state index contributed by atoms with van der Waals surface area (Å²) < 4.78 is 40.6. The van der Waals surface area contributed by atoms with Gasteiger partial charge in [-0.15, -0.1) is 0 Å². The Morgan fingerprint density at radius 2 is 1.90 bits per heavy atom. The first-order chi connectivity index (χ1) is 9.93. The third kappa shape index (κ3) is 2.88. The Morgan fingerprint density at radius 1 is 1.14 bits per heavy atom. The van der Waals surface area contributed by atoms with Crippen molar-refractivity contribution in [1.29, 1.82) is 0 Å². The molecular weight excluding hydrogens is 301 g/mol. The van der Waals surface area contributed by atoms with E-state index in [0.717, 1.165) is 6.07 Å². The second kappa shape index (κ2) is 5.07. The number of benzene rings is 1. The van der Waals surface area contributed by atoms with E-state index in [1.165, 1.54) is 12.1 Å². The number of hydrogen-bond acceptors (Lipinski definition) is 1. The molecule has 0 atom stereocenters. The van der Waals surface area contributed by atoms with Crippen molar-refractivity contribution in [2.24, 2.45) is 0 Å². The summed E-state index contributed by atoms with van der Waals surface area (Å²) in [6.45, 7) is 0. The summed E-state index contributed by atoms with van der Waals surface area (Å²) >= 11 is 5.87. The highest BCUT2D eigenvalue weighted by Crippen LogP contribution is 2.32. The largest absolute Gasteiger partial charge is 0.416 e. The lowest BCUT2D eigenvalue weighted by atomic mass is 10.0. The molecular formula is C15H10ClF3N2. The van der Waals surface area contributed by atoms with Gasteiger partial charge in [0.1, 0.15) is 5.65 Å². The van der Waals surface area contributed by atoms with Crippen LogP contribution in [-0.2, 0) is 12.6 Å². The van der Waals surface area contributed by atoms with Crippen LogP contribution in [0, 0.1) is 0 Å². The molecule has 0 radical (unpaired) electrons. The van der Waals surface area contributed by atoms with Crippen molar-refractivity contribution in [3.05, 3.63) is 70.6 Å². The van der Waals surface area contributed by atoms with Gasteiger partial charge in [0.05, 0.1) is 11.3 Å². The quantitative estimate of drug-likeness (QED) is 0.676. The van der Waals surface area contributed by atoms with Gasteiger partial charge in [-0.1, -0.05) is 29.8 Å². The number of halogens is 4. The van der Waals surface area contributed by atoms with Crippen LogP contribution < -0.4 is 0 Å². The maximum Gasteiger partial charge on any atom is 0.416 e. The standard InChI is InChI=1S/C15H10ClF3N2/c16-11-5-6-21-9-12(20-14(21)8-11)7-10-3-1-2-4-13(10)15(17,18)19/h1-6,8-9H,7H2. The van der Waals surface area contributed by atoms with Crippen LogP contribution in [0.5, 0.6) is 0 Å². The molecule has 0 N–H and O–H groups in total. The van der Waals surface area contributed by atoms with Crippen LogP contribution in [0.1, 0.15) is 16.8 Å². The summed E-state index contributed by atoms with van der Waals surface area (Å²) in [6, 6.07) is 8.90. The predicted octanol–water partition coefficient (Wildman–Crippen LogP) is 4.60. The summed E-state index contributed by atoms with van der Waals surface area (Å²) in [4.78, 5) is 4.30. The second-order valence-electron chi connectivity index (χ2n) is 4.67. The molecule has 0 aliphatic carbocycles. The van der Waals surface area contributed by atoms with E-state index in [-0.39, 0.29) is 12.0 Å². The third-order valence-electron chi connectivity index (χ3n) is 3.17. The lowest BCUT2D eigenvalue weighted by Crippen LogP contribution is -2.09. The average molecular weight is 311 g/mol. The number of imidazole rings is 1. The van der Waals surface area contributed by atoms with E-state index in [1.807, 2.05) is 0 Å². The van der Waals surface area contributed by atoms with Crippen LogP contribution >= 0.6 is 11.6 Å². The van der Waals surface area contributed by atoms with Gasteiger partial charge >= 0.3 is 6.18 Å². The fourth-order valence-corrected chi connectivity index (χ4v) is 2.39. The molecule has 0 unspecified atom stereocenters. The lowest BCUT2D eigenvalue weighted by molar-refractivity contribution is -0.138. The molecule has 0 spiro atoms. The highest BCUT2D eigenvalue weighted by molar-refractivity contribution is 6.30. The fourth-order valence-electron chi connectivity index (χ4n) is 2.24. The zero-order valence-corrected chi connectivity index (χ0v) is 11.5. The number of hydrogen-bond donors (Lipinski definition) is 0. The Labute approximate surface area is 123 Å². The van der Waals surface area contributed by atoms with E-state index in [4.69, 9.17) is 11.6 Å². The van der Waals surface area contributed by atoms with Gasteiger partial charge < -0.3 is 4.40 Å². The Balaban J connectivity index is 1.99. The number of pyridine rings is 1. The molecule has 21 heavy (non-hydrogen) atoms. The molecule has 0 saturated carbocycles. The first-order valence-electron chi connectivity index (χ1n) is 6.22. The lowest BCUT2D eigenvalue weighted by Gasteiger charge is -2.11. The van der Waals surface area contributed by atoms with Crippen LogP contribution in [0.4, 0.5) is 13.2 Å². The topological polar surface area (TPSA) is 17.3 Å². The molecule has 3 rings (SSSR count). The van der Waals surface area contributed by atoms with Gasteiger partial charge in [-0.25, -0.2) is 4.98 Å². The number of alkyl halides is 3. The Hall–Kier alpha value is -2.01. The first-order valence-corrected chi connectivity index (χ1v) is 6.59. The molecule has 0 saturated heterocycles. The zero-order chi connectivity index (χ0) is 15.0. The molecule has 0 aliphatic rings. The van der Waals surface area contributed by atoms with Crippen molar-refractivity contribution < 1.29 is 13.2 Å². The van der Waals surface area contributed by atoms with Gasteiger partial charge in [-0.3, -0.25) is 0 Å². The van der Waals surface area contributed by atoms with Crippen molar-refractivity contribution in [3.63, 3.8) is 0 Å². The highest BCUT2D eigenvalue weighted by Gasteiger charge is 2.32. The fraction of sp³-hybridized carbons (Fsp3) is 0.133. The minimum absolute atomic E-state index is 0.120. The molecule has 3 aromatic rings. The average Bonchev–Trinajstić information content (AvgIpc) is 2.79. The molecule has 108 valence electrons. The zero-order valence-electron chi connectivity index (χ0n) is 10.7. The first kappa shape index (κ1) is 13.9. The molecule has 2 nitrogen and oxygen atoms in total. The minimum Gasteiger partial charge on any atom is -0.307 e. The summed E-state index contributed by atoms with van der Waals surface area (Å²) in [6.07, 6.45) is -0.809. The van der Waals surface area contributed by atoms with E-state index in [0.29, 0.717) is 16.4 Å². The number of aromatic nitrogens is 2. The van der Waals surface area contributed by atoms with Gasteiger partial charge in [0, 0.05) is 23.8 Å². The third-order valence-corrected chi connectivity index (χ3v) is 3.40. The molecule has 0 aliphatic heterocycles. The molecule has 2 heterocycles. The van der Waals surface area contributed by atoms with Gasteiger partial charge in [0.2, 0.25) is 0 Å². The molecule has 0 amide bonds. The maximum atomic E-state index is 13.0. The SMILES string of the molecule is FC(F)(F)c1ccccc1Cc1cn2ccc(Cl)cc2n1. The van der Waals surface area contributed by atoms with Crippen molar-refractivity contribution in [1.82, 2.24) is 9.38 Å². The normalized spacial score (nSPS) is 12.0. The van der Waals surface area contributed by atoms with E-state index >= 15 is 0 Å². The smallest absolute Gasteiger partial charge is 0.307 e. The van der Waals surface area contributed by atoms with Crippen LogP contribution in [0.15, 0.2) is 48.8 Å². The summed E-state index contributed by atoms with van der Waals surface area (Å²) in [5.74, 6) is 0. The molecule has 0 fully saturated rings. The van der Waals surface area contributed by atoms with E-state index in [1.54, 1.807) is 35.0 Å². The van der Waals surface area contributed by atoms with Gasteiger partial charge in [0.15, 0.2) is 0 Å². The monoisotopic (exact) mass is 310 g/mol. The van der Waals surface area contributed by atoms with Crippen LogP contribution in [0.2, 0.25) is 5.02 Å². The van der Waals surface area contributed by atoms with Crippen molar-refractivity contribution in [3.8, 4) is 0 Å². The van der Waals surface area contributed by atoms with E-state index < -0.39 is 11.7 Å². The maximum absolute atomic E-state index is 13.0.